The molecule has 0 bridgehead atoms. The first-order chi connectivity index (χ1) is 16.0. The van der Waals surface area contributed by atoms with Crippen LogP contribution in [-0.2, 0) is 14.3 Å². The third-order valence-electron chi connectivity index (χ3n) is 6.30. The number of amides is 2. The van der Waals surface area contributed by atoms with Gasteiger partial charge in [-0.25, -0.2) is 9.59 Å². The maximum atomic E-state index is 12.6. The van der Waals surface area contributed by atoms with E-state index in [4.69, 9.17) is 4.74 Å². The minimum Gasteiger partial charge on any atom is -0.480 e. The third kappa shape index (κ3) is 5.00. The smallest absolute Gasteiger partial charge is 0.407 e. The van der Waals surface area contributed by atoms with E-state index in [0.717, 1.165) is 0 Å². The predicted molar refractivity (Wildman–Crippen MR) is 127 cm³/mol. The second-order valence-corrected chi connectivity index (χ2v) is 9.46. The van der Waals surface area contributed by atoms with Crippen LogP contribution in [0.1, 0.15) is 36.8 Å². The summed E-state index contributed by atoms with van der Waals surface area (Å²) in [5, 5.41) is 12.0. The first-order valence-corrected chi connectivity index (χ1v) is 12.3. The molecule has 1 heterocycles. The van der Waals surface area contributed by atoms with Crippen LogP contribution in [0.15, 0.2) is 48.5 Å². The van der Waals surface area contributed by atoms with E-state index in [2.05, 4.69) is 29.6 Å². The molecule has 8 heteroatoms. The zero-order valence-corrected chi connectivity index (χ0v) is 19.3. The number of ether oxygens (including phenoxy) is 1. The molecular weight excluding hydrogens is 440 g/mol. The lowest BCUT2D eigenvalue weighted by Crippen LogP contribution is -2.44. The first-order valence-electron chi connectivity index (χ1n) is 11.2. The van der Waals surface area contributed by atoms with E-state index < -0.39 is 18.1 Å². The average Bonchev–Trinajstić information content (AvgIpc) is 3.43. The van der Waals surface area contributed by atoms with Crippen LogP contribution >= 0.6 is 11.8 Å². The standard InChI is InChI=1S/C25H28N2O5S/c1-16(23(28)27-15-33-14-22(27)24(29)30)7-6-12-26-25(31)32-13-21-19-10-4-2-8-17(19)18-9-3-5-11-20(18)21/h2-5,8-11,16,21-22H,6-7,12-15H2,1H3,(H,26,31)(H,29,30)/t16?,22-/m0/s1. The van der Waals surface area contributed by atoms with E-state index in [1.54, 1.807) is 6.92 Å². The molecule has 2 aromatic carbocycles. The molecule has 4 rings (SSSR count). The van der Waals surface area contributed by atoms with E-state index in [9.17, 15) is 19.5 Å². The quantitative estimate of drug-likeness (QED) is 0.570. The highest BCUT2D eigenvalue weighted by molar-refractivity contribution is 7.99. The summed E-state index contributed by atoms with van der Waals surface area (Å²) in [5.41, 5.74) is 4.70. The molecule has 0 saturated carbocycles. The van der Waals surface area contributed by atoms with Gasteiger partial charge in [0.15, 0.2) is 0 Å². The maximum absolute atomic E-state index is 12.6. The largest absolute Gasteiger partial charge is 0.480 e. The lowest BCUT2D eigenvalue weighted by atomic mass is 9.98. The maximum Gasteiger partial charge on any atom is 0.407 e. The summed E-state index contributed by atoms with van der Waals surface area (Å²) in [4.78, 5) is 37.6. The van der Waals surface area contributed by atoms with Gasteiger partial charge < -0.3 is 20.1 Å². The van der Waals surface area contributed by atoms with Gasteiger partial charge in [-0.1, -0.05) is 55.5 Å². The van der Waals surface area contributed by atoms with Gasteiger partial charge in [0.1, 0.15) is 12.6 Å². The van der Waals surface area contributed by atoms with Crippen LogP contribution in [0.2, 0.25) is 0 Å². The van der Waals surface area contributed by atoms with Gasteiger partial charge in [-0.3, -0.25) is 4.79 Å². The van der Waals surface area contributed by atoms with Crippen LogP contribution in [-0.4, -0.2) is 58.8 Å². The average molecular weight is 469 g/mol. The minimum absolute atomic E-state index is 0.0151. The van der Waals surface area contributed by atoms with Gasteiger partial charge in [0, 0.05) is 24.1 Å². The fraction of sp³-hybridized carbons (Fsp3) is 0.400. The van der Waals surface area contributed by atoms with Gasteiger partial charge in [-0.15, -0.1) is 11.8 Å². The Morgan fingerprint density at radius 3 is 2.39 bits per heavy atom. The number of benzene rings is 2. The summed E-state index contributed by atoms with van der Waals surface area (Å²) in [6, 6.07) is 15.6. The number of thioether (sulfide) groups is 1. The lowest BCUT2D eigenvalue weighted by Gasteiger charge is -2.24. The van der Waals surface area contributed by atoms with Crippen molar-refractivity contribution in [3.05, 3.63) is 59.7 Å². The van der Waals surface area contributed by atoms with Crippen molar-refractivity contribution in [2.75, 3.05) is 24.8 Å². The minimum atomic E-state index is -0.961. The molecule has 0 aromatic heterocycles. The molecular formula is C25H28N2O5S. The van der Waals surface area contributed by atoms with Crippen molar-refractivity contribution >= 4 is 29.7 Å². The molecule has 33 heavy (non-hydrogen) atoms. The summed E-state index contributed by atoms with van der Waals surface area (Å²) in [6.07, 6.45) is 0.698. The molecule has 1 aliphatic heterocycles. The zero-order valence-electron chi connectivity index (χ0n) is 18.5. The summed E-state index contributed by atoms with van der Waals surface area (Å²) >= 11 is 1.45. The highest BCUT2D eigenvalue weighted by atomic mass is 32.2. The Balaban J connectivity index is 1.22. The number of nitrogens with one attached hydrogen (secondary N) is 1. The predicted octanol–water partition coefficient (Wildman–Crippen LogP) is 3.93. The fourth-order valence-electron chi connectivity index (χ4n) is 4.52. The van der Waals surface area contributed by atoms with Crippen LogP contribution in [0.4, 0.5) is 4.79 Å². The van der Waals surface area contributed by atoms with Crippen LogP contribution in [0, 0.1) is 5.92 Å². The number of carbonyl (C=O) groups excluding carboxylic acids is 2. The molecule has 2 aromatic rings. The van der Waals surface area contributed by atoms with E-state index in [1.807, 2.05) is 24.3 Å². The first kappa shape index (κ1) is 23.2. The molecule has 7 nitrogen and oxygen atoms in total. The number of carboxylic acids is 1. The van der Waals surface area contributed by atoms with Crippen molar-refractivity contribution in [2.45, 2.75) is 31.7 Å². The van der Waals surface area contributed by atoms with Crippen molar-refractivity contribution in [1.82, 2.24) is 10.2 Å². The Hall–Kier alpha value is -3.00. The van der Waals surface area contributed by atoms with Gasteiger partial charge >= 0.3 is 12.1 Å². The van der Waals surface area contributed by atoms with Crippen molar-refractivity contribution in [3.8, 4) is 11.1 Å². The summed E-state index contributed by atoms with van der Waals surface area (Å²) in [6.45, 7) is 2.46. The Kier molecular flexibility index (Phi) is 7.23. The molecule has 1 saturated heterocycles. The number of carboxylic acid groups (broad SMARTS) is 1. The SMILES string of the molecule is CC(CCCNC(=O)OCC1c2ccccc2-c2ccccc21)C(=O)N1CSC[C@H]1C(=O)O. The number of carbonyl (C=O) groups is 3. The van der Waals surface area contributed by atoms with E-state index in [1.165, 1.54) is 38.9 Å². The Labute approximate surface area is 197 Å². The number of nitrogens with zero attached hydrogens (tertiary/aromatic N) is 1. The van der Waals surface area contributed by atoms with Crippen molar-refractivity contribution < 1.29 is 24.2 Å². The number of hydrogen-bond donors (Lipinski definition) is 2. The van der Waals surface area contributed by atoms with E-state index in [-0.39, 0.29) is 24.3 Å². The van der Waals surface area contributed by atoms with Crippen LogP contribution < -0.4 is 5.32 Å². The molecule has 2 atom stereocenters. The number of alkyl carbamates (subject to hydrolysis) is 1. The molecule has 2 N–H and O–H groups in total. The van der Waals surface area contributed by atoms with Gasteiger partial charge in [0.25, 0.3) is 0 Å². The number of rotatable bonds is 8. The molecule has 0 radical (unpaired) electrons. The van der Waals surface area contributed by atoms with Crippen LogP contribution in [0.3, 0.4) is 0 Å². The summed E-state index contributed by atoms with van der Waals surface area (Å²) in [7, 11) is 0. The molecule has 0 spiro atoms. The lowest BCUT2D eigenvalue weighted by molar-refractivity contribution is -0.149. The van der Waals surface area contributed by atoms with Gasteiger partial charge in [0.05, 0.1) is 5.88 Å². The molecule has 174 valence electrons. The summed E-state index contributed by atoms with van der Waals surface area (Å²) in [5.74, 6) is -0.544. The summed E-state index contributed by atoms with van der Waals surface area (Å²) < 4.78 is 5.52. The molecule has 1 fully saturated rings. The van der Waals surface area contributed by atoms with Gasteiger partial charge in [0.2, 0.25) is 5.91 Å². The zero-order chi connectivity index (χ0) is 23.4. The second kappa shape index (κ2) is 10.3. The highest BCUT2D eigenvalue weighted by Crippen LogP contribution is 2.44. The molecule has 2 amide bonds. The second-order valence-electron chi connectivity index (χ2n) is 8.46. The monoisotopic (exact) mass is 468 g/mol. The Morgan fingerprint density at radius 2 is 1.76 bits per heavy atom. The Morgan fingerprint density at radius 1 is 1.12 bits per heavy atom. The third-order valence-corrected chi connectivity index (χ3v) is 7.31. The normalized spacial score (nSPS) is 17.8. The van der Waals surface area contributed by atoms with Crippen LogP contribution in [0.5, 0.6) is 0 Å². The Bertz CT molecular complexity index is 997. The fourth-order valence-corrected chi connectivity index (χ4v) is 5.67. The van der Waals surface area contributed by atoms with Gasteiger partial charge in [-0.2, -0.15) is 0 Å². The number of aliphatic carboxylic acids is 1. The van der Waals surface area contributed by atoms with Crippen molar-refractivity contribution in [3.63, 3.8) is 0 Å². The van der Waals surface area contributed by atoms with Gasteiger partial charge in [-0.05, 0) is 35.1 Å². The number of hydrogen-bond acceptors (Lipinski definition) is 5. The highest BCUT2D eigenvalue weighted by Gasteiger charge is 2.36. The molecule has 1 unspecified atom stereocenters. The van der Waals surface area contributed by atoms with E-state index >= 15 is 0 Å². The van der Waals surface area contributed by atoms with Crippen molar-refractivity contribution in [1.29, 1.82) is 0 Å². The molecule has 2 aliphatic rings. The number of fused-ring (bicyclic) bond motifs is 3. The topological polar surface area (TPSA) is 95.9 Å². The van der Waals surface area contributed by atoms with Crippen LogP contribution in [0.25, 0.3) is 11.1 Å². The molecule has 1 aliphatic carbocycles. The van der Waals surface area contributed by atoms with E-state index in [0.29, 0.717) is 31.0 Å². The van der Waals surface area contributed by atoms with Crippen molar-refractivity contribution in [2.24, 2.45) is 5.92 Å².